The monoisotopic (exact) mass is 392 g/mol. The van der Waals surface area contributed by atoms with Crippen LogP contribution in [0.5, 0.6) is 5.75 Å². The van der Waals surface area contributed by atoms with Crippen molar-refractivity contribution in [1.29, 1.82) is 0 Å². The molecule has 0 amide bonds. The molecule has 0 radical (unpaired) electrons. The van der Waals surface area contributed by atoms with E-state index >= 15 is 0 Å². The van der Waals surface area contributed by atoms with Crippen molar-refractivity contribution in [3.63, 3.8) is 0 Å². The maximum atomic E-state index is 5.52. The second-order valence-corrected chi connectivity index (χ2v) is 8.23. The standard InChI is InChI=1S/C25H20N4O/c1-25(2)22-17-8-5-4-7-15(17)11-12-19(22)27-23(25)16-13-26-24-21-18(28-29(24)14-16)9-6-10-20(21)30-3/h4-14H,1-3H3. The van der Waals surface area contributed by atoms with E-state index in [2.05, 4.69) is 50.2 Å². The first-order chi connectivity index (χ1) is 14.6. The molecule has 1 aliphatic heterocycles. The van der Waals surface area contributed by atoms with Crippen molar-refractivity contribution < 1.29 is 4.74 Å². The van der Waals surface area contributed by atoms with Gasteiger partial charge < -0.3 is 4.74 Å². The SMILES string of the molecule is COc1cccc2nn3cc(C4=Nc5ccc6ccccc6c5C4(C)C)cnc3c12. The molecule has 5 aromatic rings. The zero-order valence-electron chi connectivity index (χ0n) is 17.0. The molecule has 0 N–H and O–H groups in total. The highest BCUT2D eigenvalue weighted by Crippen LogP contribution is 2.45. The smallest absolute Gasteiger partial charge is 0.166 e. The summed E-state index contributed by atoms with van der Waals surface area (Å²) >= 11 is 0. The number of hydrogen-bond donors (Lipinski definition) is 0. The first kappa shape index (κ1) is 17.2. The van der Waals surface area contributed by atoms with Crippen LogP contribution in [-0.2, 0) is 5.41 Å². The van der Waals surface area contributed by atoms with Crippen LogP contribution < -0.4 is 4.74 Å². The number of fused-ring (bicyclic) bond motifs is 6. The van der Waals surface area contributed by atoms with Crippen molar-refractivity contribution in [1.82, 2.24) is 14.6 Å². The van der Waals surface area contributed by atoms with Crippen LogP contribution in [0.1, 0.15) is 25.0 Å². The van der Waals surface area contributed by atoms with Crippen LogP contribution in [0, 0.1) is 0 Å². The highest BCUT2D eigenvalue weighted by atomic mass is 16.5. The van der Waals surface area contributed by atoms with E-state index in [0.717, 1.165) is 39.3 Å². The highest BCUT2D eigenvalue weighted by Gasteiger charge is 2.37. The lowest BCUT2D eigenvalue weighted by atomic mass is 9.77. The molecule has 0 saturated heterocycles. The van der Waals surface area contributed by atoms with Gasteiger partial charge >= 0.3 is 0 Å². The van der Waals surface area contributed by atoms with Gasteiger partial charge in [0.25, 0.3) is 0 Å². The number of ether oxygens (including phenoxy) is 1. The number of rotatable bonds is 2. The molecule has 0 atom stereocenters. The van der Waals surface area contributed by atoms with Gasteiger partial charge in [0.15, 0.2) is 5.65 Å². The molecule has 0 saturated carbocycles. The Balaban J connectivity index is 1.55. The minimum atomic E-state index is -0.240. The molecule has 1 aliphatic rings. The summed E-state index contributed by atoms with van der Waals surface area (Å²) in [6.07, 6.45) is 3.92. The number of benzene rings is 3. The van der Waals surface area contributed by atoms with Crippen LogP contribution in [0.3, 0.4) is 0 Å². The normalized spacial score (nSPS) is 15.0. The number of methoxy groups -OCH3 is 1. The summed E-state index contributed by atoms with van der Waals surface area (Å²) < 4.78 is 7.36. The van der Waals surface area contributed by atoms with Crippen molar-refractivity contribution in [2.45, 2.75) is 19.3 Å². The second-order valence-electron chi connectivity index (χ2n) is 8.23. The number of hydrogen-bond acceptors (Lipinski definition) is 4. The van der Waals surface area contributed by atoms with Crippen LogP contribution in [0.2, 0.25) is 0 Å². The lowest BCUT2D eigenvalue weighted by Crippen LogP contribution is -2.27. The largest absolute Gasteiger partial charge is 0.496 e. The van der Waals surface area contributed by atoms with Gasteiger partial charge in [-0.25, -0.2) is 9.50 Å². The summed E-state index contributed by atoms with van der Waals surface area (Å²) in [7, 11) is 1.67. The zero-order chi connectivity index (χ0) is 20.5. The minimum absolute atomic E-state index is 0.240. The van der Waals surface area contributed by atoms with Crippen LogP contribution in [-0.4, -0.2) is 27.4 Å². The molecule has 146 valence electrons. The number of nitrogens with zero attached hydrogens (tertiary/aromatic N) is 4. The van der Waals surface area contributed by atoms with Crippen molar-refractivity contribution in [2.24, 2.45) is 4.99 Å². The summed E-state index contributed by atoms with van der Waals surface area (Å²) in [6, 6.07) is 18.6. The second kappa shape index (κ2) is 5.89. The molecule has 0 bridgehead atoms. The molecule has 2 aromatic heterocycles. The van der Waals surface area contributed by atoms with Gasteiger partial charge in [-0.15, -0.1) is 0 Å². The summed E-state index contributed by atoms with van der Waals surface area (Å²) in [5.41, 5.74) is 5.68. The quantitative estimate of drug-likeness (QED) is 0.401. The number of aromatic nitrogens is 3. The van der Waals surface area contributed by atoms with E-state index in [-0.39, 0.29) is 5.41 Å². The fourth-order valence-corrected chi connectivity index (χ4v) is 4.72. The van der Waals surface area contributed by atoms with Crippen molar-refractivity contribution in [3.05, 3.63) is 78.1 Å². The number of aliphatic imine (C=N–C) groups is 1. The summed E-state index contributed by atoms with van der Waals surface area (Å²) in [5.74, 6) is 0.778. The van der Waals surface area contributed by atoms with Crippen LogP contribution >= 0.6 is 0 Å². The van der Waals surface area contributed by atoms with E-state index < -0.39 is 0 Å². The van der Waals surface area contributed by atoms with E-state index in [9.17, 15) is 0 Å². The molecule has 0 fully saturated rings. The molecular weight excluding hydrogens is 372 g/mol. The van der Waals surface area contributed by atoms with Gasteiger partial charge in [0.2, 0.25) is 0 Å². The topological polar surface area (TPSA) is 51.8 Å². The molecular formula is C25H20N4O. The van der Waals surface area contributed by atoms with Gasteiger partial charge in [-0.2, -0.15) is 5.10 Å². The van der Waals surface area contributed by atoms with Gasteiger partial charge in [0.1, 0.15) is 5.75 Å². The summed E-state index contributed by atoms with van der Waals surface area (Å²) in [4.78, 5) is 9.78. The zero-order valence-corrected chi connectivity index (χ0v) is 17.0. The van der Waals surface area contributed by atoms with Gasteiger partial charge in [-0.3, -0.25) is 4.99 Å². The van der Waals surface area contributed by atoms with Gasteiger partial charge in [0.05, 0.1) is 29.4 Å². The highest BCUT2D eigenvalue weighted by molar-refractivity contribution is 6.15. The Labute approximate surface area is 173 Å². The van der Waals surface area contributed by atoms with E-state index in [4.69, 9.17) is 19.8 Å². The molecule has 6 rings (SSSR count). The first-order valence-corrected chi connectivity index (χ1v) is 10.0. The third kappa shape index (κ3) is 2.20. The lowest BCUT2D eigenvalue weighted by Gasteiger charge is -2.23. The summed E-state index contributed by atoms with van der Waals surface area (Å²) in [5, 5.41) is 8.13. The van der Waals surface area contributed by atoms with Crippen molar-refractivity contribution in [2.75, 3.05) is 7.11 Å². The third-order valence-electron chi connectivity index (χ3n) is 6.10. The molecule has 30 heavy (non-hydrogen) atoms. The Morgan fingerprint density at radius 2 is 1.83 bits per heavy atom. The molecule has 5 heteroatoms. The van der Waals surface area contributed by atoms with Crippen molar-refractivity contribution >= 4 is 38.7 Å². The maximum Gasteiger partial charge on any atom is 0.166 e. The lowest BCUT2D eigenvalue weighted by molar-refractivity contribution is 0.420. The summed E-state index contributed by atoms with van der Waals surface area (Å²) in [6.45, 7) is 4.47. The average Bonchev–Trinajstić information content (AvgIpc) is 3.27. The Kier molecular flexibility index (Phi) is 3.37. The Morgan fingerprint density at radius 3 is 2.70 bits per heavy atom. The molecule has 0 unspecified atom stereocenters. The first-order valence-electron chi connectivity index (χ1n) is 10.0. The van der Waals surface area contributed by atoms with Crippen LogP contribution in [0.25, 0.3) is 27.3 Å². The fourth-order valence-electron chi connectivity index (χ4n) is 4.72. The Hall–Kier alpha value is -3.73. The molecule has 0 spiro atoms. The Morgan fingerprint density at radius 1 is 0.967 bits per heavy atom. The van der Waals surface area contributed by atoms with Crippen molar-refractivity contribution in [3.8, 4) is 5.75 Å². The van der Waals surface area contributed by atoms with E-state index in [1.54, 1.807) is 7.11 Å². The average molecular weight is 392 g/mol. The molecule has 3 heterocycles. The van der Waals surface area contributed by atoms with Crippen LogP contribution in [0.4, 0.5) is 5.69 Å². The van der Waals surface area contributed by atoms with Gasteiger partial charge in [0, 0.05) is 23.4 Å². The molecule has 0 aliphatic carbocycles. The fraction of sp³-hybridized carbons (Fsp3) is 0.160. The predicted molar refractivity (Wildman–Crippen MR) is 120 cm³/mol. The predicted octanol–water partition coefficient (Wildman–Crippen LogP) is 5.46. The van der Waals surface area contributed by atoms with Gasteiger partial charge in [-0.1, -0.05) is 50.2 Å². The Bertz CT molecular complexity index is 1510. The molecule has 5 nitrogen and oxygen atoms in total. The third-order valence-corrected chi connectivity index (χ3v) is 6.10. The van der Waals surface area contributed by atoms with Gasteiger partial charge in [-0.05, 0) is 34.5 Å². The van der Waals surface area contributed by atoms with E-state index in [0.29, 0.717) is 0 Å². The van der Waals surface area contributed by atoms with E-state index in [1.807, 2.05) is 35.1 Å². The molecule has 3 aromatic carbocycles. The minimum Gasteiger partial charge on any atom is -0.496 e. The van der Waals surface area contributed by atoms with Crippen LogP contribution in [0.15, 0.2) is 72.0 Å². The maximum absolute atomic E-state index is 5.52. The van der Waals surface area contributed by atoms with E-state index in [1.165, 1.54) is 16.3 Å².